The third-order valence-corrected chi connectivity index (χ3v) is 2.89. The minimum atomic E-state index is -0.306. The van der Waals surface area contributed by atoms with Gasteiger partial charge in [-0.05, 0) is 24.5 Å². The maximum atomic E-state index is 13.7. The highest BCUT2D eigenvalue weighted by atomic mass is 19.1. The Morgan fingerprint density at radius 2 is 2.44 bits per heavy atom. The monoisotopic (exact) mass is 252 g/mol. The molecule has 1 aromatic carbocycles. The maximum Gasteiger partial charge on any atom is 0.129 e. The molecule has 1 aliphatic rings. The zero-order valence-corrected chi connectivity index (χ0v) is 10.1. The van der Waals surface area contributed by atoms with Crippen LogP contribution in [-0.4, -0.2) is 25.5 Å². The van der Waals surface area contributed by atoms with Crippen LogP contribution in [0.4, 0.5) is 4.39 Å². The molecule has 0 bridgehead atoms. The van der Waals surface area contributed by atoms with Crippen molar-refractivity contribution >= 4 is 6.21 Å². The Bertz CT molecular complexity index is 417. The highest BCUT2D eigenvalue weighted by Crippen LogP contribution is 2.14. The number of nitrogens with zero attached hydrogens (tertiary/aromatic N) is 1. The smallest absolute Gasteiger partial charge is 0.129 e. The van der Waals surface area contributed by atoms with Gasteiger partial charge in [-0.3, -0.25) is 0 Å². The maximum absolute atomic E-state index is 13.7. The summed E-state index contributed by atoms with van der Waals surface area (Å²) in [6.07, 6.45) is 3.67. The Kier molecular flexibility index (Phi) is 4.66. The molecule has 0 amide bonds. The summed E-state index contributed by atoms with van der Waals surface area (Å²) in [4.78, 5) is 0. The van der Waals surface area contributed by atoms with Gasteiger partial charge in [-0.15, -0.1) is 0 Å². The Hall–Kier alpha value is -1.46. The van der Waals surface area contributed by atoms with Crippen molar-refractivity contribution in [2.75, 3.05) is 13.2 Å². The molecule has 5 heteroatoms. The van der Waals surface area contributed by atoms with E-state index >= 15 is 0 Å². The summed E-state index contributed by atoms with van der Waals surface area (Å²) >= 11 is 0. The summed E-state index contributed by atoms with van der Waals surface area (Å²) in [6.45, 7) is 1.58. The van der Waals surface area contributed by atoms with E-state index in [2.05, 4.69) is 5.10 Å². The van der Waals surface area contributed by atoms with Gasteiger partial charge in [0.2, 0.25) is 0 Å². The van der Waals surface area contributed by atoms with Gasteiger partial charge in [0.15, 0.2) is 0 Å². The second-order valence-electron chi connectivity index (χ2n) is 4.28. The largest absolute Gasteiger partial charge is 0.376 e. The molecule has 0 aromatic heterocycles. The minimum absolute atomic E-state index is 0.164. The topological polar surface area (TPSA) is 56.8 Å². The highest BCUT2D eigenvalue weighted by Gasteiger charge is 2.15. The number of rotatable bonds is 5. The molecular formula is C13H17FN2O2. The molecular weight excluding hydrogens is 235 g/mol. The summed E-state index contributed by atoms with van der Waals surface area (Å²) in [6, 6.07) is 4.83. The fourth-order valence-electron chi connectivity index (χ4n) is 1.92. The number of nitrogens with two attached hydrogens (primary N) is 1. The molecule has 98 valence electrons. The van der Waals surface area contributed by atoms with Gasteiger partial charge in [-0.1, -0.05) is 12.1 Å². The summed E-state index contributed by atoms with van der Waals surface area (Å²) in [5.74, 6) is 4.70. The molecule has 1 saturated heterocycles. The van der Waals surface area contributed by atoms with Gasteiger partial charge >= 0.3 is 0 Å². The van der Waals surface area contributed by atoms with Crippen LogP contribution in [0.1, 0.15) is 24.0 Å². The second-order valence-corrected chi connectivity index (χ2v) is 4.28. The van der Waals surface area contributed by atoms with Crippen molar-refractivity contribution in [2.45, 2.75) is 25.6 Å². The molecule has 0 saturated carbocycles. The fraction of sp³-hybridized carbons (Fsp3) is 0.462. The van der Waals surface area contributed by atoms with Crippen LogP contribution in [0, 0.1) is 5.82 Å². The van der Waals surface area contributed by atoms with Gasteiger partial charge in [0.05, 0.1) is 25.5 Å². The molecule has 1 unspecified atom stereocenters. The van der Waals surface area contributed by atoms with E-state index in [4.69, 9.17) is 15.3 Å². The first-order valence-electron chi connectivity index (χ1n) is 6.00. The van der Waals surface area contributed by atoms with Crippen LogP contribution in [0.2, 0.25) is 0 Å². The fourth-order valence-corrected chi connectivity index (χ4v) is 1.92. The van der Waals surface area contributed by atoms with Crippen LogP contribution in [0.15, 0.2) is 23.3 Å². The third kappa shape index (κ3) is 3.51. The van der Waals surface area contributed by atoms with Crippen molar-refractivity contribution in [3.63, 3.8) is 0 Å². The van der Waals surface area contributed by atoms with Crippen molar-refractivity contribution in [3.8, 4) is 0 Å². The van der Waals surface area contributed by atoms with Crippen LogP contribution in [0.3, 0.4) is 0 Å². The molecule has 2 N–H and O–H groups in total. The quantitative estimate of drug-likeness (QED) is 0.494. The number of ether oxygens (including phenoxy) is 2. The van der Waals surface area contributed by atoms with Gasteiger partial charge < -0.3 is 15.3 Å². The average molecular weight is 252 g/mol. The number of benzene rings is 1. The van der Waals surface area contributed by atoms with E-state index < -0.39 is 0 Å². The van der Waals surface area contributed by atoms with Crippen LogP contribution in [0.25, 0.3) is 0 Å². The SMILES string of the molecule is NN=Cc1ccc(COCC2CCCO2)c(F)c1. The average Bonchev–Trinajstić information content (AvgIpc) is 2.85. The van der Waals surface area contributed by atoms with Crippen LogP contribution < -0.4 is 5.84 Å². The normalized spacial score (nSPS) is 19.7. The van der Waals surface area contributed by atoms with E-state index in [1.807, 2.05) is 0 Å². The summed E-state index contributed by atoms with van der Waals surface area (Å²) in [7, 11) is 0. The third-order valence-electron chi connectivity index (χ3n) is 2.89. The Morgan fingerprint density at radius 1 is 1.56 bits per heavy atom. The molecule has 0 radical (unpaired) electrons. The second kappa shape index (κ2) is 6.47. The molecule has 1 heterocycles. The molecule has 1 aromatic rings. The number of hydrogen-bond acceptors (Lipinski definition) is 4. The zero-order valence-electron chi connectivity index (χ0n) is 10.1. The number of hydrazone groups is 1. The van der Waals surface area contributed by atoms with Crippen molar-refractivity contribution in [1.29, 1.82) is 0 Å². The standard InChI is InChI=1S/C13H17FN2O2/c14-13-6-10(7-16-15)3-4-11(13)8-17-9-12-2-1-5-18-12/h3-4,6-7,12H,1-2,5,8-9,15H2. The Labute approximate surface area is 106 Å². The van der Waals surface area contributed by atoms with E-state index in [1.165, 1.54) is 12.3 Å². The van der Waals surface area contributed by atoms with Gasteiger partial charge in [-0.25, -0.2) is 4.39 Å². The van der Waals surface area contributed by atoms with Gasteiger partial charge in [0.1, 0.15) is 5.82 Å². The summed E-state index contributed by atoms with van der Waals surface area (Å²) in [5.41, 5.74) is 1.17. The van der Waals surface area contributed by atoms with E-state index in [0.717, 1.165) is 19.4 Å². The van der Waals surface area contributed by atoms with Gasteiger partial charge in [-0.2, -0.15) is 5.10 Å². The minimum Gasteiger partial charge on any atom is -0.376 e. The lowest BCUT2D eigenvalue weighted by Gasteiger charge is -2.10. The van der Waals surface area contributed by atoms with E-state index in [-0.39, 0.29) is 18.5 Å². The lowest BCUT2D eigenvalue weighted by atomic mass is 10.1. The molecule has 1 aliphatic heterocycles. The lowest BCUT2D eigenvalue weighted by molar-refractivity contribution is 0.00982. The highest BCUT2D eigenvalue weighted by molar-refractivity contribution is 5.79. The lowest BCUT2D eigenvalue weighted by Crippen LogP contribution is -2.14. The van der Waals surface area contributed by atoms with Crippen LogP contribution in [-0.2, 0) is 16.1 Å². The van der Waals surface area contributed by atoms with Gasteiger partial charge in [0.25, 0.3) is 0 Å². The predicted molar refractivity (Wildman–Crippen MR) is 66.8 cm³/mol. The molecule has 0 aliphatic carbocycles. The molecule has 1 atom stereocenters. The van der Waals surface area contributed by atoms with E-state index in [0.29, 0.717) is 17.7 Å². The summed E-state index contributed by atoms with van der Waals surface area (Å²) < 4.78 is 24.5. The molecule has 4 nitrogen and oxygen atoms in total. The Balaban J connectivity index is 1.85. The predicted octanol–water partition coefficient (Wildman–Crippen LogP) is 1.81. The molecule has 0 spiro atoms. The summed E-state index contributed by atoms with van der Waals surface area (Å²) in [5, 5.41) is 3.35. The number of hydrogen-bond donors (Lipinski definition) is 1. The van der Waals surface area contributed by atoms with E-state index in [9.17, 15) is 4.39 Å². The first kappa shape index (κ1) is 13.0. The molecule has 2 rings (SSSR count). The van der Waals surface area contributed by atoms with Crippen molar-refractivity contribution in [3.05, 3.63) is 35.1 Å². The van der Waals surface area contributed by atoms with Crippen LogP contribution in [0.5, 0.6) is 0 Å². The first-order chi connectivity index (χ1) is 8.79. The van der Waals surface area contributed by atoms with Crippen LogP contribution >= 0.6 is 0 Å². The van der Waals surface area contributed by atoms with Crippen molar-refractivity contribution < 1.29 is 13.9 Å². The first-order valence-corrected chi connectivity index (χ1v) is 6.00. The zero-order chi connectivity index (χ0) is 12.8. The number of halogens is 1. The van der Waals surface area contributed by atoms with E-state index in [1.54, 1.807) is 12.1 Å². The molecule has 18 heavy (non-hydrogen) atoms. The van der Waals surface area contributed by atoms with Crippen molar-refractivity contribution in [2.24, 2.45) is 10.9 Å². The van der Waals surface area contributed by atoms with Crippen molar-refractivity contribution in [1.82, 2.24) is 0 Å². The molecule has 1 fully saturated rings. The van der Waals surface area contributed by atoms with Gasteiger partial charge in [0, 0.05) is 12.2 Å². The Morgan fingerprint density at radius 3 is 3.11 bits per heavy atom.